The van der Waals surface area contributed by atoms with E-state index in [0.717, 1.165) is 25.2 Å². The molecule has 1 heterocycles. The number of hydrogen-bond acceptors (Lipinski definition) is 3. The van der Waals surface area contributed by atoms with Crippen molar-refractivity contribution >= 4 is 29.0 Å². The first-order chi connectivity index (χ1) is 8.48. The zero-order valence-corrected chi connectivity index (χ0v) is 12.6. The van der Waals surface area contributed by atoms with Gasteiger partial charge in [-0.15, -0.1) is 0 Å². The molecule has 2 N–H and O–H groups in total. The first-order valence-electron chi connectivity index (χ1n) is 6.22. The van der Waals surface area contributed by atoms with Gasteiger partial charge in [-0.25, -0.2) is 0 Å². The van der Waals surface area contributed by atoms with Crippen molar-refractivity contribution in [3.05, 3.63) is 35.4 Å². The Kier molecular flexibility index (Phi) is 4.30. The van der Waals surface area contributed by atoms with E-state index in [1.165, 1.54) is 11.3 Å². The average Bonchev–Trinajstić information content (AvgIpc) is 2.28. The monoisotopic (exact) mass is 280 g/mol. The van der Waals surface area contributed by atoms with E-state index in [4.69, 9.17) is 18.0 Å². The largest absolute Gasteiger partial charge is 0.389 e. The summed E-state index contributed by atoms with van der Waals surface area (Å²) >= 11 is 7.17. The second kappa shape index (κ2) is 5.59. The third-order valence-corrected chi connectivity index (χ3v) is 4.70. The summed E-state index contributed by atoms with van der Waals surface area (Å²) in [4.78, 5) is 2.99. The van der Waals surface area contributed by atoms with E-state index >= 15 is 0 Å². The van der Waals surface area contributed by atoms with Crippen LogP contribution in [0.2, 0.25) is 0 Å². The van der Waals surface area contributed by atoms with Gasteiger partial charge in [0.25, 0.3) is 0 Å². The molecule has 0 unspecified atom stereocenters. The van der Waals surface area contributed by atoms with Gasteiger partial charge in [0.15, 0.2) is 0 Å². The molecule has 0 amide bonds. The summed E-state index contributed by atoms with van der Waals surface area (Å²) in [6.07, 6.45) is 0. The van der Waals surface area contributed by atoms with E-state index in [2.05, 4.69) is 42.6 Å². The van der Waals surface area contributed by atoms with Crippen LogP contribution in [-0.2, 0) is 6.54 Å². The lowest BCUT2D eigenvalue weighted by molar-refractivity contribution is 0.252. The van der Waals surface area contributed by atoms with E-state index in [9.17, 15) is 0 Å². The summed E-state index contributed by atoms with van der Waals surface area (Å²) in [6.45, 7) is 7.81. The molecule has 0 saturated carbocycles. The van der Waals surface area contributed by atoms with Crippen LogP contribution in [0.25, 0.3) is 0 Å². The van der Waals surface area contributed by atoms with Gasteiger partial charge in [-0.05, 0) is 19.4 Å². The van der Waals surface area contributed by atoms with Crippen molar-refractivity contribution in [2.45, 2.75) is 25.1 Å². The molecule has 1 aliphatic heterocycles. The zero-order valence-electron chi connectivity index (χ0n) is 11.0. The molecule has 0 atom stereocenters. The molecule has 0 radical (unpaired) electrons. The van der Waals surface area contributed by atoms with Crippen LogP contribution < -0.4 is 5.73 Å². The number of thiocarbonyl (C=S) groups is 1. The molecule has 0 bridgehead atoms. The Morgan fingerprint density at radius 3 is 2.83 bits per heavy atom. The Morgan fingerprint density at radius 2 is 2.17 bits per heavy atom. The van der Waals surface area contributed by atoms with Crippen LogP contribution in [-0.4, -0.2) is 33.5 Å². The lowest BCUT2D eigenvalue weighted by atomic mass is 10.1. The average molecular weight is 280 g/mol. The Balaban J connectivity index is 2.12. The lowest BCUT2D eigenvalue weighted by Crippen LogP contribution is -2.42. The van der Waals surface area contributed by atoms with E-state index in [1.54, 1.807) is 0 Å². The van der Waals surface area contributed by atoms with E-state index in [-0.39, 0.29) is 0 Å². The van der Waals surface area contributed by atoms with Crippen LogP contribution in [0.15, 0.2) is 24.3 Å². The maximum atomic E-state index is 5.78. The summed E-state index contributed by atoms with van der Waals surface area (Å²) in [5, 5.41) is 0. The highest BCUT2D eigenvalue weighted by Gasteiger charge is 2.27. The lowest BCUT2D eigenvalue weighted by Gasteiger charge is -2.37. The minimum absolute atomic E-state index is 0.344. The molecule has 98 valence electrons. The molecule has 0 spiro atoms. The van der Waals surface area contributed by atoms with Gasteiger partial charge in [0.2, 0.25) is 0 Å². The Labute approximate surface area is 119 Å². The minimum atomic E-state index is 0.344. The van der Waals surface area contributed by atoms with Crippen molar-refractivity contribution in [2.24, 2.45) is 5.73 Å². The molecule has 1 aromatic carbocycles. The Morgan fingerprint density at radius 1 is 1.44 bits per heavy atom. The fraction of sp³-hybridized carbons (Fsp3) is 0.500. The van der Waals surface area contributed by atoms with Crippen molar-refractivity contribution in [3.8, 4) is 0 Å². The standard InChI is InChI=1S/C14H20N2S2/c1-14(2)10-16(7-8-18-14)9-11-5-3-4-6-12(11)13(15)17/h3-6H,7-10H2,1-2H3,(H2,15,17). The van der Waals surface area contributed by atoms with Gasteiger partial charge >= 0.3 is 0 Å². The van der Waals surface area contributed by atoms with E-state index in [1.807, 2.05) is 12.1 Å². The molecule has 1 aliphatic rings. The summed E-state index contributed by atoms with van der Waals surface area (Å²) < 4.78 is 0.344. The van der Waals surface area contributed by atoms with Crippen LogP contribution in [0.4, 0.5) is 0 Å². The number of nitrogens with two attached hydrogens (primary N) is 1. The molecule has 2 nitrogen and oxygen atoms in total. The van der Waals surface area contributed by atoms with Crippen molar-refractivity contribution in [2.75, 3.05) is 18.8 Å². The molecule has 1 fully saturated rings. The van der Waals surface area contributed by atoms with Crippen LogP contribution in [0.3, 0.4) is 0 Å². The molecule has 18 heavy (non-hydrogen) atoms. The van der Waals surface area contributed by atoms with Gasteiger partial charge < -0.3 is 5.73 Å². The van der Waals surface area contributed by atoms with Crippen LogP contribution >= 0.6 is 24.0 Å². The molecular weight excluding hydrogens is 260 g/mol. The molecule has 4 heteroatoms. The molecule has 0 aromatic heterocycles. The Bertz CT molecular complexity index is 443. The van der Waals surface area contributed by atoms with Crippen LogP contribution in [0, 0.1) is 0 Å². The highest BCUT2D eigenvalue weighted by Crippen LogP contribution is 2.30. The van der Waals surface area contributed by atoms with Crippen molar-refractivity contribution in [1.29, 1.82) is 0 Å². The first-order valence-corrected chi connectivity index (χ1v) is 7.61. The third kappa shape index (κ3) is 3.46. The number of rotatable bonds is 3. The fourth-order valence-electron chi connectivity index (χ4n) is 2.39. The zero-order chi connectivity index (χ0) is 13.2. The Hall–Kier alpha value is -0.580. The van der Waals surface area contributed by atoms with Gasteiger partial charge in [0.05, 0.1) is 0 Å². The van der Waals surface area contributed by atoms with Gasteiger partial charge in [-0.1, -0.05) is 36.5 Å². The third-order valence-electron chi connectivity index (χ3n) is 3.18. The first kappa shape index (κ1) is 13.8. The smallest absolute Gasteiger partial charge is 0.104 e. The highest BCUT2D eigenvalue weighted by molar-refractivity contribution is 8.00. The summed E-state index contributed by atoms with van der Waals surface area (Å²) in [5.41, 5.74) is 8.04. The number of thioether (sulfide) groups is 1. The van der Waals surface area contributed by atoms with E-state index in [0.29, 0.717) is 9.74 Å². The van der Waals surface area contributed by atoms with Crippen LogP contribution in [0.5, 0.6) is 0 Å². The predicted molar refractivity (Wildman–Crippen MR) is 84.1 cm³/mol. The van der Waals surface area contributed by atoms with Crippen molar-refractivity contribution in [3.63, 3.8) is 0 Å². The molecule has 0 aliphatic carbocycles. The molecular formula is C14H20N2S2. The second-order valence-corrected chi connectivity index (χ2v) is 7.58. The molecule has 2 rings (SSSR count). The van der Waals surface area contributed by atoms with Gasteiger partial charge in [-0.3, -0.25) is 4.90 Å². The number of nitrogens with zero attached hydrogens (tertiary/aromatic N) is 1. The quantitative estimate of drug-likeness (QED) is 0.862. The normalized spacial score (nSPS) is 19.7. The minimum Gasteiger partial charge on any atom is -0.389 e. The highest BCUT2D eigenvalue weighted by atomic mass is 32.2. The maximum Gasteiger partial charge on any atom is 0.104 e. The van der Waals surface area contributed by atoms with Gasteiger partial charge in [0.1, 0.15) is 4.99 Å². The van der Waals surface area contributed by atoms with Gasteiger partial charge in [-0.2, -0.15) is 11.8 Å². The predicted octanol–water partition coefficient (Wildman–Crippen LogP) is 2.65. The topological polar surface area (TPSA) is 29.3 Å². The SMILES string of the molecule is CC1(C)CN(Cc2ccccc2C(N)=S)CCS1. The van der Waals surface area contributed by atoms with Crippen molar-refractivity contribution in [1.82, 2.24) is 4.90 Å². The van der Waals surface area contributed by atoms with Gasteiger partial charge in [0, 0.05) is 35.7 Å². The second-order valence-electron chi connectivity index (χ2n) is 5.34. The molecule has 1 saturated heterocycles. The summed E-state index contributed by atoms with van der Waals surface area (Å²) in [5.74, 6) is 1.20. The summed E-state index contributed by atoms with van der Waals surface area (Å²) in [7, 11) is 0. The number of benzene rings is 1. The fourth-order valence-corrected chi connectivity index (χ4v) is 3.76. The van der Waals surface area contributed by atoms with Crippen LogP contribution in [0.1, 0.15) is 25.0 Å². The van der Waals surface area contributed by atoms with E-state index < -0.39 is 0 Å². The summed E-state index contributed by atoms with van der Waals surface area (Å²) in [6, 6.07) is 8.19. The van der Waals surface area contributed by atoms with Crippen molar-refractivity contribution < 1.29 is 0 Å². The molecule has 1 aromatic rings. The maximum absolute atomic E-state index is 5.78. The number of hydrogen-bond donors (Lipinski definition) is 1.